The molecule has 0 aromatic rings. The van der Waals surface area contributed by atoms with Gasteiger partial charge in [-0.25, -0.2) is 0 Å². The van der Waals surface area contributed by atoms with Crippen molar-refractivity contribution in [1.29, 1.82) is 0 Å². The van der Waals surface area contributed by atoms with Crippen LogP contribution in [0.25, 0.3) is 0 Å². The molecule has 4 atom stereocenters. The van der Waals surface area contributed by atoms with Crippen LogP contribution < -0.4 is 0 Å². The number of esters is 1. The van der Waals surface area contributed by atoms with Crippen molar-refractivity contribution in [1.82, 2.24) is 0 Å². The molecule has 1 aliphatic carbocycles. The summed E-state index contributed by atoms with van der Waals surface area (Å²) in [4.78, 5) is 11.3. The molecule has 0 amide bonds. The van der Waals surface area contributed by atoms with Crippen LogP contribution in [0.4, 0.5) is 0 Å². The minimum absolute atomic E-state index is 0.0778. The van der Waals surface area contributed by atoms with Gasteiger partial charge in [0.25, 0.3) is 0 Å². The highest BCUT2D eigenvalue weighted by atomic mass is 16.5. The molecule has 1 rings (SSSR count). The summed E-state index contributed by atoms with van der Waals surface area (Å²) in [5.41, 5.74) is 1.58. The van der Waals surface area contributed by atoms with Crippen molar-refractivity contribution in [3.8, 4) is 0 Å². The first-order valence-electron chi connectivity index (χ1n) is 7.12. The van der Waals surface area contributed by atoms with E-state index in [0.29, 0.717) is 30.8 Å². The van der Waals surface area contributed by atoms with E-state index in [1.54, 1.807) is 0 Å². The van der Waals surface area contributed by atoms with Crippen LogP contribution in [0.2, 0.25) is 0 Å². The van der Waals surface area contributed by atoms with Crippen LogP contribution in [0, 0.1) is 23.2 Å². The van der Waals surface area contributed by atoms with E-state index < -0.39 is 0 Å². The maximum atomic E-state index is 11.3. The molecule has 0 saturated heterocycles. The number of carbonyl (C=O) groups is 1. The molecule has 0 heterocycles. The normalized spacial score (nSPS) is 31.7. The van der Waals surface area contributed by atoms with Gasteiger partial charge < -0.3 is 4.74 Å². The lowest BCUT2D eigenvalue weighted by atomic mass is 9.94. The van der Waals surface area contributed by atoms with Crippen molar-refractivity contribution in [2.75, 3.05) is 6.61 Å². The van der Waals surface area contributed by atoms with Gasteiger partial charge in [0.1, 0.15) is 0 Å². The Balaban J connectivity index is 2.49. The predicted molar refractivity (Wildman–Crippen MR) is 75.2 cm³/mol. The van der Waals surface area contributed by atoms with E-state index in [9.17, 15) is 4.79 Å². The Morgan fingerprint density at radius 1 is 1.44 bits per heavy atom. The minimum atomic E-state index is -0.0778. The quantitative estimate of drug-likeness (QED) is 0.523. The molecule has 1 fully saturated rings. The number of hydrogen-bond donors (Lipinski definition) is 0. The topological polar surface area (TPSA) is 26.3 Å². The van der Waals surface area contributed by atoms with E-state index in [4.69, 9.17) is 4.74 Å². The zero-order chi connectivity index (χ0) is 13.9. The minimum Gasteiger partial charge on any atom is -0.465 e. The van der Waals surface area contributed by atoms with E-state index in [2.05, 4.69) is 40.7 Å². The smallest absolute Gasteiger partial charge is 0.305 e. The largest absolute Gasteiger partial charge is 0.465 e. The van der Waals surface area contributed by atoms with Crippen molar-refractivity contribution >= 4 is 5.97 Å². The summed E-state index contributed by atoms with van der Waals surface area (Å²) in [7, 11) is 0. The van der Waals surface area contributed by atoms with Crippen LogP contribution in [-0.2, 0) is 9.53 Å². The van der Waals surface area contributed by atoms with E-state index >= 15 is 0 Å². The lowest BCUT2D eigenvalue weighted by molar-refractivity contribution is -0.145. The molecular weight excluding hydrogens is 224 g/mol. The molecular formula is C16H28O2. The van der Waals surface area contributed by atoms with Gasteiger partial charge >= 0.3 is 5.97 Å². The maximum absolute atomic E-state index is 11.3. The first-order chi connectivity index (χ1) is 8.32. The highest BCUT2D eigenvalue weighted by Gasteiger charge is 2.60. The lowest BCUT2D eigenvalue weighted by Crippen LogP contribution is -2.16. The van der Waals surface area contributed by atoms with Crippen LogP contribution in [0.5, 0.6) is 0 Å². The van der Waals surface area contributed by atoms with Crippen molar-refractivity contribution in [3.63, 3.8) is 0 Å². The average molecular weight is 252 g/mol. The number of rotatable bonds is 6. The molecule has 0 N–H and O–H groups in total. The first-order valence-corrected chi connectivity index (χ1v) is 7.12. The van der Waals surface area contributed by atoms with Crippen molar-refractivity contribution in [2.24, 2.45) is 23.2 Å². The monoisotopic (exact) mass is 252 g/mol. The molecule has 0 aliphatic heterocycles. The van der Waals surface area contributed by atoms with Crippen LogP contribution in [0.1, 0.15) is 54.4 Å². The van der Waals surface area contributed by atoms with Crippen LogP contribution in [0.15, 0.2) is 11.6 Å². The van der Waals surface area contributed by atoms with Gasteiger partial charge in [-0.05, 0) is 38.0 Å². The standard InChI is InChI=1S/C16H28O2/c1-7-14(17)18-10-16(6)13(5)15(16)12(4)9-8-11(2)3/h8,12-13,15H,7,9-10H2,1-6H3/t12-,13-,15?,16?/m1/s1. The van der Waals surface area contributed by atoms with Gasteiger partial charge in [0, 0.05) is 11.8 Å². The Labute approximate surface area is 112 Å². The van der Waals surface area contributed by atoms with Crippen LogP contribution >= 0.6 is 0 Å². The first kappa shape index (κ1) is 15.3. The third-order valence-corrected chi connectivity index (χ3v) is 4.58. The summed E-state index contributed by atoms with van der Waals surface area (Å²) >= 11 is 0. The average Bonchev–Trinajstić information content (AvgIpc) is 2.86. The SMILES string of the molecule is CCC(=O)OCC1(C)C([C@H](C)CC=C(C)C)[C@H]1C. The van der Waals surface area contributed by atoms with Gasteiger partial charge in [-0.2, -0.15) is 0 Å². The summed E-state index contributed by atoms with van der Waals surface area (Å²) in [6.45, 7) is 13.6. The van der Waals surface area contributed by atoms with Gasteiger partial charge in [-0.3, -0.25) is 4.79 Å². The summed E-state index contributed by atoms with van der Waals surface area (Å²) < 4.78 is 5.34. The second-order valence-electron chi connectivity index (χ2n) is 6.33. The molecule has 2 heteroatoms. The fraction of sp³-hybridized carbons (Fsp3) is 0.812. The van der Waals surface area contributed by atoms with Crippen molar-refractivity contribution in [3.05, 3.63) is 11.6 Å². The number of ether oxygens (including phenoxy) is 1. The Kier molecular flexibility index (Phi) is 5.01. The van der Waals surface area contributed by atoms with Gasteiger partial charge in [-0.15, -0.1) is 0 Å². The number of hydrogen-bond acceptors (Lipinski definition) is 2. The van der Waals surface area contributed by atoms with Gasteiger partial charge in [0.15, 0.2) is 0 Å². The fourth-order valence-electron chi connectivity index (χ4n) is 3.12. The van der Waals surface area contributed by atoms with E-state index in [0.717, 1.165) is 6.42 Å². The molecule has 1 saturated carbocycles. The fourth-order valence-corrected chi connectivity index (χ4v) is 3.12. The number of allylic oxidation sites excluding steroid dienone is 2. The summed E-state index contributed by atoms with van der Waals surface area (Å²) in [5, 5.41) is 0. The summed E-state index contributed by atoms with van der Waals surface area (Å²) in [5.74, 6) is 1.92. The van der Waals surface area contributed by atoms with Gasteiger partial charge in [0.05, 0.1) is 6.61 Å². The Bertz CT molecular complexity index is 328. The van der Waals surface area contributed by atoms with Crippen LogP contribution in [0.3, 0.4) is 0 Å². The Hall–Kier alpha value is -0.790. The molecule has 0 radical (unpaired) electrons. The Morgan fingerprint density at radius 3 is 2.56 bits per heavy atom. The van der Waals surface area contributed by atoms with Crippen molar-refractivity contribution < 1.29 is 9.53 Å². The predicted octanol–water partition coefficient (Wildman–Crippen LogP) is 4.20. The molecule has 18 heavy (non-hydrogen) atoms. The molecule has 0 spiro atoms. The third-order valence-electron chi connectivity index (χ3n) is 4.58. The molecule has 0 bridgehead atoms. The lowest BCUT2D eigenvalue weighted by Gasteiger charge is -2.15. The van der Waals surface area contributed by atoms with Crippen molar-refractivity contribution in [2.45, 2.75) is 54.4 Å². The number of carbonyl (C=O) groups excluding carboxylic acids is 1. The van der Waals surface area contributed by atoms with E-state index in [1.807, 2.05) is 6.92 Å². The molecule has 0 aromatic heterocycles. The van der Waals surface area contributed by atoms with Crippen LogP contribution in [-0.4, -0.2) is 12.6 Å². The highest BCUT2D eigenvalue weighted by molar-refractivity contribution is 5.68. The molecule has 0 aromatic carbocycles. The maximum Gasteiger partial charge on any atom is 0.305 e. The zero-order valence-corrected chi connectivity index (χ0v) is 12.7. The Morgan fingerprint density at radius 2 is 2.06 bits per heavy atom. The third kappa shape index (κ3) is 3.37. The summed E-state index contributed by atoms with van der Waals surface area (Å²) in [6.07, 6.45) is 3.92. The highest BCUT2D eigenvalue weighted by Crippen LogP contribution is 2.62. The second kappa shape index (κ2) is 5.90. The second-order valence-corrected chi connectivity index (χ2v) is 6.33. The molecule has 2 unspecified atom stereocenters. The summed E-state index contributed by atoms with van der Waals surface area (Å²) in [6, 6.07) is 0. The molecule has 1 aliphatic rings. The van der Waals surface area contributed by atoms with E-state index in [1.165, 1.54) is 5.57 Å². The van der Waals surface area contributed by atoms with Gasteiger partial charge in [-0.1, -0.05) is 39.3 Å². The molecule has 2 nitrogen and oxygen atoms in total. The van der Waals surface area contributed by atoms with Gasteiger partial charge in [0.2, 0.25) is 0 Å². The van der Waals surface area contributed by atoms with E-state index in [-0.39, 0.29) is 11.4 Å². The zero-order valence-electron chi connectivity index (χ0n) is 12.7. The molecule has 104 valence electrons.